The van der Waals surface area contributed by atoms with Gasteiger partial charge in [-0.05, 0) is 67.3 Å². The second kappa shape index (κ2) is 8.85. The van der Waals surface area contributed by atoms with Gasteiger partial charge in [-0.1, -0.05) is 54.4 Å². The Labute approximate surface area is 197 Å². The van der Waals surface area contributed by atoms with Crippen LogP contribution in [0.15, 0.2) is 54.2 Å². The molecule has 3 aromatic rings. The summed E-state index contributed by atoms with van der Waals surface area (Å²) in [5.74, 6) is -0.375. The fourth-order valence-electron chi connectivity index (χ4n) is 4.02. The van der Waals surface area contributed by atoms with Crippen molar-refractivity contribution in [2.75, 3.05) is 0 Å². The van der Waals surface area contributed by atoms with Gasteiger partial charge in [0.1, 0.15) is 5.70 Å². The molecule has 0 radical (unpaired) electrons. The molecular formula is C25H23Cl2N3O2. The van der Waals surface area contributed by atoms with E-state index in [1.165, 1.54) is 5.56 Å². The first-order valence-corrected chi connectivity index (χ1v) is 11.1. The zero-order valence-corrected chi connectivity index (χ0v) is 19.6. The number of nitrogens with one attached hydrogen (secondary N) is 1. The molecule has 1 fully saturated rings. The first-order chi connectivity index (χ1) is 15.3. The normalized spacial score (nSPS) is 15.0. The average Bonchev–Trinajstić information content (AvgIpc) is 3.19. The van der Waals surface area contributed by atoms with Crippen molar-refractivity contribution in [3.8, 4) is 5.69 Å². The molecule has 0 saturated carbocycles. The van der Waals surface area contributed by atoms with E-state index in [1.54, 1.807) is 24.3 Å². The molecular weight excluding hydrogens is 445 g/mol. The highest BCUT2D eigenvalue weighted by Gasteiger charge is 2.33. The van der Waals surface area contributed by atoms with Crippen molar-refractivity contribution in [1.29, 1.82) is 0 Å². The van der Waals surface area contributed by atoms with E-state index >= 15 is 0 Å². The number of benzene rings is 2. The average molecular weight is 468 g/mol. The van der Waals surface area contributed by atoms with E-state index in [1.807, 2.05) is 32.0 Å². The predicted octanol–water partition coefficient (Wildman–Crippen LogP) is 6.06. The number of aromatic nitrogens is 1. The number of para-hydroxylation sites is 1. The fourth-order valence-corrected chi connectivity index (χ4v) is 4.34. The molecule has 3 amide bonds. The summed E-state index contributed by atoms with van der Waals surface area (Å²) in [7, 11) is 0. The van der Waals surface area contributed by atoms with Crippen molar-refractivity contribution in [2.45, 2.75) is 33.7 Å². The summed E-state index contributed by atoms with van der Waals surface area (Å²) in [4.78, 5) is 26.6. The van der Waals surface area contributed by atoms with Crippen LogP contribution in [0.25, 0.3) is 11.8 Å². The third kappa shape index (κ3) is 4.06. The van der Waals surface area contributed by atoms with Crippen LogP contribution < -0.4 is 5.32 Å². The summed E-state index contributed by atoms with van der Waals surface area (Å²) < 4.78 is 2.18. The van der Waals surface area contributed by atoms with Crippen LogP contribution >= 0.6 is 23.2 Å². The van der Waals surface area contributed by atoms with E-state index in [2.05, 4.69) is 28.9 Å². The van der Waals surface area contributed by atoms with Crippen LogP contribution in [0, 0.1) is 13.8 Å². The van der Waals surface area contributed by atoms with Crippen molar-refractivity contribution in [3.63, 3.8) is 0 Å². The number of rotatable bonds is 5. The molecule has 2 heterocycles. The van der Waals surface area contributed by atoms with Crippen LogP contribution in [0.1, 0.15) is 35.0 Å². The van der Waals surface area contributed by atoms with Gasteiger partial charge < -0.3 is 9.88 Å². The lowest BCUT2D eigenvalue weighted by atomic mass is 10.1. The summed E-state index contributed by atoms with van der Waals surface area (Å²) in [5.41, 5.74) is 6.27. The van der Waals surface area contributed by atoms with Gasteiger partial charge >= 0.3 is 6.03 Å². The maximum Gasteiger partial charge on any atom is 0.329 e. The van der Waals surface area contributed by atoms with Gasteiger partial charge in [0.15, 0.2) is 0 Å². The summed E-state index contributed by atoms with van der Waals surface area (Å²) in [5, 5.41) is 3.50. The quantitative estimate of drug-likeness (QED) is 0.366. The van der Waals surface area contributed by atoms with Crippen molar-refractivity contribution < 1.29 is 9.59 Å². The van der Waals surface area contributed by atoms with Gasteiger partial charge in [-0.3, -0.25) is 9.69 Å². The summed E-state index contributed by atoms with van der Waals surface area (Å²) >= 11 is 12.0. The topological polar surface area (TPSA) is 54.3 Å². The largest absolute Gasteiger partial charge is 0.329 e. The number of hydrogen-bond acceptors (Lipinski definition) is 2. The standard InChI is InChI=1S/C25H23Cl2N3O2/c1-4-18-7-5-6-8-23(18)30-15(2)11-19(16(30)3)13-22-24(31)29(25(32)28-22)14-17-9-10-20(26)21(27)12-17/h5-13H,4,14H2,1-3H3,(H,28,32)/b22-13-. The minimum Gasteiger partial charge on any atom is -0.318 e. The molecule has 4 rings (SSSR count). The molecule has 0 bridgehead atoms. The molecule has 0 unspecified atom stereocenters. The van der Waals surface area contributed by atoms with Gasteiger partial charge in [-0.2, -0.15) is 0 Å². The first kappa shape index (κ1) is 22.2. The smallest absolute Gasteiger partial charge is 0.318 e. The highest BCUT2D eigenvalue weighted by molar-refractivity contribution is 6.42. The molecule has 2 aromatic carbocycles. The van der Waals surface area contributed by atoms with Crippen LogP contribution in [-0.2, 0) is 17.8 Å². The zero-order chi connectivity index (χ0) is 23.0. The highest BCUT2D eigenvalue weighted by Crippen LogP contribution is 2.27. The Morgan fingerprint density at radius 3 is 2.47 bits per heavy atom. The Balaban J connectivity index is 1.64. The lowest BCUT2D eigenvalue weighted by Gasteiger charge is -2.14. The molecule has 0 atom stereocenters. The number of nitrogens with zero attached hydrogens (tertiary/aromatic N) is 2. The lowest BCUT2D eigenvalue weighted by Crippen LogP contribution is -2.30. The monoisotopic (exact) mass is 467 g/mol. The molecule has 1 aliphatic heterocycles. The maximum absolute atomic E-state index is 13.0. The van der Waals surface area contributed by atoms with E-state index in [-0.39, 0.29) is 18.1 Å². The molecule has 32 heavy (non-hydrogen) atoms. The molecule has 1 N–H and O–H groups in total. The number of carbonyl (C=O) groups is 2. The number of amides is 3. The van der Waals surface area contributed by atoms with Gasteiger partial charge in [0, 0.05) is 17.1 Å². The van der Waals surface area contributed by atoms with Gasteiger partial charge in [0.2, 0.25) is 0 Å². The van der Waals surface area contributed by atoms with Crippen LogP contribution in [-0.4, -0.2) is 21.4 Å². The maximum atomic E-state index is 13.0. The highest BCUT2D eigenvalue weighted by atomic mass is 35.5. The molecule has 0 aliphatic carbocycles. The summed E-state index contributed by atoms with van der Waals surface area (Å²) in [6.45, 7) is 6.29. The number of imide groups is 1. The third-order valence-electron chi connectivity index (χ3n) is 5.67. The van der Waals surface area contributed by atoms with Crippen molar-refractivity contribution in [3.05, 3.63) is 92.4 Å². The second-order valence-electron chi connectivity index (χ2n) is 7.77. The van der Waals surface area contributed by atoms with E-state index < -0.39 is 6.03 Å². The number of halogens is 2. The minimum atomic E-state index is -0.461. The SMILES string of the molecule is CCc1ccccc1-n1c(C)cc(/C=C2\NC(=O)N(Cc3ccc(Cl)c(Cl)c3)C2=O)c1C. The van der Waals surface area contributed by atoms with Crippen LogP contribution in [0.3, 0.4) is 0 Å². The third-order valence-corrected chi connectivity index (χ3v) is 6.41. The van der Waals surface area contributed by atoms with Crippen molar-refractivity contribution in [1.82, 2.24) is 14.8 Å². The summed E-state index contributed by atoms with van der Waals surface area (Å²) in [6, 6.07) is 14.9. The Bertz CT molecular complexity index is 1260. The van der Waals surface area contributed by atoms with Gasteiger partial charge in [0.05, 0.1) is 16.6 Å². The number of hydrogen-bond donors (Lipinski definition) is 1. The van der Waals surface area contributed by atoms with E-state index in [9.17, 15) is 9.59 Å². The van der Waals surface area contributed by atoms with Crippen LogP contribution in [0.5, 0.6) is 0 Å². The molecule has 5 nitrogen and oxygen atoms in total. The Hall–Kier alpha value is -3.02. The number of urea groups is 1. The van der Waals surface area contributed by atoms with Gasteiger partial charge in [-0.25, -0.2) is 4.79 Å². The van der Waals surface area contributed by atoms with Crippen molar-refractivity contribution in [2.24, 2.45) is 0 Å². The molecule has 164 valence electrons. The molecule has 1 saturated heterocycles. The molecule has 7 heteroatoms. The second-order valence-corrected chi connectivity index (χ2v) is 8.59. The number of aryl methyl sites for hydroxylation is 2. The van der Waals surface area contributed by atoms with Crippen molar-refractivity contribution >= 4 is 41.2 Å². The fraction of sp³-hybridized carbons (Fsp3) is 0.200. The van der Waals surface area contributed by atoms with E-state index in [0.717, 1.165) is 39.5 Å². The predicted molar refractivity (Wildman–Crippen MR) is 128 cm³/mol. The first-order valence-electron chi connectivity index (χ1n) is 10.4. The van der Waals surface area contributed by atoms with E-state index in [4.69, 9.17) is 23.2 Å². The Kier molecular flexibility index (Phi) is 6.13. The van der Waals surface area contributed by atoms with Gasteiger partial charge in [0.25, 0.3) is 5.91 Å². The van der Waals surface area contributed by atoms with Crippen LogP contribution in [0.2, 0.25) is 10.0 Å². The minimum absolute atomic E-state index is 0.113. The van der Waals surface area contributed by atoms with E-state index in [0.29, 0.717) is 10.0 Å². The van der Waals surface area contributed by atoms with Crippen LogP contribution in [0.4, 0.5) is 4.79 Å². The lowest BCUT2D eigenvalue weighted by molar-refractivity contribution is -0.123. The molecule has 1 aliphatic rings. The molecule has 0 spiro atoms. The summed E-state index contributed by atoms with van der Waals surface area (Å²) in [6.07, 6.45) is 2.66. The Morgan fingerprint density at radius 2 is 1.75 bits per heavy atom. The number of carbonyl (C=O) groups excluding carboxylic acids is 2. The Morgan fingerprint density at radius 1 is 1.00 bits per heavy atom. The van der Waals surface area contributed by atoms with Gasteiger partial charge in [-0.15, -0.1) is 0 Å². The molecule has 1 aromatic heterocycles. The zero-order valence-electron chi connectivity index (χ0n) is 18.1.